The molecule has 1 fully saturated rings. The van der Waals surface area contributed by atoms with Crippen molar-refractivity contribution in [3.8, 4) is 0 Å². The number of carbonyl (C=O) groups is 2. The molecule has 1 aromatic carbocycles. The number of hydrogen-bond acceptors (Lipinski definition) is 3. The molecule has 0 heterocycles. The molecule has 0 spiro atoms. The van der Waals surface area contributed by atoms with Crippen LogP contribution < -0.4 is 10.6 Å². The minimum absolute atomic E-state index is 0.0148. The van der Waals surface area contributed by atoms with Crippen molar-refractivity contribution in [3.05, 3.63) is 29.8 Å². The average Bonchev–Trinajstić information content (AvgIpc) is 2.62. The zero-order valence-corrected chi connectivity index (χ0v) is 15.0. The number of carbonyl (C=O) groups excluding carboxylic acids is 2. The molecule has 1 aliphatic rings. The van der Waals surface area contributed by atoms with E-state index in [0.29, 0.717) is 23.8 Å². The fraction of sp³-hybridized carbons (Fsp3) is 0.579. The van der Waals surface area contributed by atoms with Crippen LogP contribution in [0.5, 0.6) is 0 Å². The van der Waals surface area contributed by atoms with Crippen molar-refractivity contribution in [2.75, 3.05) is 26.0 Å². The summed E-state index contributed by atoms with van der Waals surface area (Å²) in [6.07, 6.45) is 5.75. The Morgan fingerprint density at radius 1 is 1.21 bits per heavy atom. The van der Waals surface area contributed by atoms with Gasteiger partial charge in [0.05, 0.1) is 11.3 Å². The molecule has 1 atom stereocenters. The molecular formula is C19H29N3O2. The van der Waals surface area contributed by atoms with Gasteiger partial charge >= 0.3 is 0 Å². The molecule has 0 aliphatic heterocycles. The number of nitrogens with one attached hydrogen (secondary N) is 2. The van der Waals surface area contributed by atoms with Crippen molar-refractivity contribution in [3.63, 3.8) is 0 Å². The van der Waals surface area contributed by atoms with Crippen LogP contribution in [0.1, 0.15) is 49.4 Å². The zero-order chi connectivity index (χ0) is 17.5. The normalized spacial score (nSPS) is 16.5. The van der Waals surface area contributed by atoms with Crippen molar-refractivity contribution in [1.82, 2.24) is 10.2 Å². The summed E-state index contributed by atoms with van der Waals surface area (Å²) in [4.78, 5) is 27.0. The molecule has 0 saturated heterocycles. The smallest absolute Gasteiger partial charge is 0.255 e. The number of anilines is 1. The average molecular weight is 331 g/mol. The van der Waals surface area contributed by atoms with Crippen molar-refractivity contribution in [1.29, 1.82) is 0 Å². The second-order valence-corrected chi connectivity index (χ2v) is 6.70. The summed E-state index contributed by atoms with van der Waals surface area (Å²) in [5, 5.41) is 5.90. The maximum Gasteiger partial charge on any atom is 0.255 e. The highest BCUT2D eigenvalue weighted by atomic mass is 16.2. The SMILES string of the molecule is CNCC(C)C(=O)Nc1ccccc1C(=O)N(C)C1CCCCC1. The molecular weight excluding hydrogens is 302 g/mol. The third-order valence-electron chi connectivity index (χ3n) is 4.82. The number of rotatable bonds is 6. The second-order valence-electron chi connectivity index (χ2n) is 6.70. The second kappa shape index (κ2) is 8.83. The van der Waals surface area contributed by atoms with E-state index >= 15 is 0 Å². The monoisotopic (exact) mass is 331 g/mol. The van der Waals surface area contributed by atoms with E-state index in [2.05, 4.69) is 10.6 Å². The number of amides is 2. The summed E-state index contributed by atoms with van der Waals surface area (Å²) >= 11 is 0. The Bertz CT molecular complexity index is 567. The lowest BCUT2D eigenvalue weighted by atomic mass is 9.94. The molecule has 1 aliphatic carbocycles. The van der Waals surface area contributed by atoms with E-state index in [1.54, 1.807) is 12.1 Å². The Morgan fingerprint density at radius 3 is 2.54 bits per heavy atom. The summed E-state index contributed by atoms with van der Waals surface area (Å²) < 4.78 is 0. The highest BCUT2D eigenvalue weighted by molar-refractivity contribution is 6.04. The van der Waals surface area contributed by atoms with Crippen LogP contribution in [0.15, 0.2) is 24.3 Å². The lowest BCUT2D eigenvalue weighted by molar-refractivity contribution is -0.119. The summed E-state index contributed by atoms with van der Waals surface area (Å²) in [7, 11) is 3.70. The molecule has 132 valence electrons. The number of nitrogens with zero attached hydrogens (tertiary/aromatic N) is 1. The quantitative estimate of drug-likeness (QED) is 0.842. The number of benzene rings is 1. The molecule has 5 heteroatoms. The van der Waals surface area contributed by atoms with Gasteiger partial charge in [0, 0.05) is 25.6 Å². The highest BCUT2D eigenvalue weighted by Gasteiger charge is 2.25. The Hall–Kier alpha value is -1.88. The van der Waals surface area contributed by atoms with Crippen LogP contribution in [0.3, 0.4) is 0 Å². The molecule has 2 N–H and O–H groups in total. The van der Waals surface area contributed by atoms with Crippen molar-refractivity contribution < 1.29 is 9.59 Å². The Balaban J connectivity index is 2.12. The first kappa shape index (κ1) is 18.5. The molecule has 1 unspecified atom stereocenters. The molecule has 0 radical (unpaired) electrons. The predicted octanol–water partition coefficient (Wildman–Crippen LogP) is 2.89. The third kappa shape index (κ3) is 4.57. The van der Waals surface area contributed by atoms with Crippen LogP contribution in [0.25, 0.3) is 0 Å². The molecule has 1 saturated carbocycles. The lowest BCUT2D eigenvalue weighted by Crippen LogP contribution is -2.38. The van der Waals surface area contributed by atoms with E-state index < -0.39 is 0 Å². The minimum atomic E-state index is -0.158. The molecule has 1 aromatic rings. The molecule has 24 heavy (non-hydrogen) atoms. The van der Waals surface area contributed by atoms with Gasteiger partial charge < -0.3 is 15.5 Å². The van der Waals surface area contributed by atoms with Crippen LogP contribution >= 0.6 is 0 Å². The third-order valence-corrected chi connectivity index (χ3v) is 4.82. The van der Waals surface area contributed by atoms with E-state index in [9.17, 15) is 9.59 Å². The fourth-order valence-corrected chi connectivity index (χ4v) is 3.26. The Labute approximate surface area is 144 Å². The van der Waals surface area contributed by atoms with Gasteiger partial charge in [-0.1, -0.05) is 38.3 Å². The summed E-state index contributed by atoms with van der Waals surface area (Å²) in [5.41, 5.74) is 1.16. The number of para-hydroxylation sites is 1. The van der Waals surface area contributed by atoms with Gasteiger partial charge in [0.15, 0.2) is 0 Å². The minimum Gasteiger partial charge on any atom is -0.339 e. The van der Waals surface area contributed by atoms with Crippen LogP contribution in [0, 0.1) is 5.92 Å². The molecule has 2 rings (SSSR count). The molecule has 0 aromatic heterocycles. The topological polar surface area (TPSA) is 61.4 Å². The predicted molar refractivity (Wildman–Crippen MR) is 97.1 cm³/mol. The van der Waals surface area contributed by atoms with Gasteiger partial charge in [-0.3, -0.25) is 9.59 Å². The van der Waals surface area contributed by atoms with E-state index in [0.717, 1.165) is 12.8 Å². The Kier molecular flexibility index (Phi) is 6.79. The van der Waals surface area contributed by atoms with Gasteiger partial charge in [-0.2, -0.15) is 0 Å². The first-order valence-corrected chi connectivity index (χ1v) is 8.86. The van der Waals surface area contributed by atoms with Gasteiger partial charge in [0.25, 0.3) is 5.91 Å². The van der Waals surface area contributed by atoms with Gasteiger partial charge in [-0.05, 0) is 32.0 Å². The van der Waals surface area contributed by atoms with Crippen LogP contribution in [0.2, 0.25) is 0 Å². The van der Waals surface area contributed by atoms with E-state index in [4.69, 9.17) is 0 Å². The van der Waals surface area contributed by atoms with Crippen molar-refractivity contribution in [2.24, 2.45) is 5.92 Å². The van der Waals surface area contributed by atoms with Crippen molar-refractivity contribution >= 4 is 17.5 Å². The lowest BCUT2D eigenvalue weighted by Gasteiger charge is -2.31. The van der Waals surface area contributed by atoms with Gasteiger partial charge in [0.1, 0.15) is 0 Å². The first-order chi connectivity index (χ1) is 11.5. The van der Waals surface area contributed by atoms with Crippen LogP contribution in [0.4, 0.5) is 5.69 Å². The molecule has 5 nitrogen and oxygen atoms in total. The van der Waals surface area contributed by atoms with Gasteiger partial charge in [-0.25, -0.2) is 0 Å². The standard InChI is InChI=1S/C19H29N3O2/c1-14(13-20-2)18(23)21-17-12-8-7-11-16(17)19(24)22(3)15-9-5-4-6-10-15/h7-8,11-12,14-15,20H,4-6,9-10,13H2,1-3H3,(H,21,23). The summed E-state index contributed by atoms with van der Waals surface area (Å²) in [6, 6.07) is 7.58. The van der Waals surface area contributed by atoms with Gasteiger partial charge in [0.2, 0.25) is 5.91 Å². The highest BCUT2D eigenvalue weighted by Crippen LogP contribution is 2.25. The van der Waals surface area contributed by atoms with Gasteiger partial charge in [-0.15, -0.1) is 0 Å². The summed E-state index contributed by atoms with van der Waals surface area (Å²) in [6.45, 7) is 2.47. The van der Waals surface area contributed by atoms with E-state index in [-0.39, 0.29) is 17.7 Å². The molecule has 2 amide bonds. The maximum absolute atomic E-state index is 12.9. The Morgan fingerprint density at radius 2 is 1.88 bits per heavy atom. The maximum atomic E-state index is 12.9. The van der Waals surface area contributed by atoms with Crippen LogP contribution in [-0.2, 0) is 4.79 Å². The van der Waals surface area contributed by atoms with Crippen molar-refractivity contribution in [2.45, 2.75) is 45.1 Å². The fourth-order valence-electron chi connectivity index (χ4n) is 3.26. The summed E-state index contributed by atoms with van der Waals surface area (Å²) in [5.74, 6) is -0.252. The van der Waals surface area contributed by atoms with E-state index in [1.165, 1.54) is 19.3 Å². The zero-order valence-electron chi connectivity index (χ0n) is 15.0. The largest absolute Gasteiger partial charge is 0.339 e. The van der Waals surface area contributed by atoms with E-state index in [1.807, 2.05) is 38.1 Å². The first-order valence-electron chi connectivity index (χ1n) is 8.86. The molecule has 0 bridgehead atoms. The number of hydrogen-bond donors (Lipinski definition) is 2. The van der Waals surface area contributed by atoms with Crippen LogP contribution in [-0.4, -0.2) is 43.4 Å².